The Labute approximate surface area is 200 Å². The summed E-state index contributed by atoms with van der Waals surface area (Å²) in [7, 11) is -3.81. The standard InChI is InChI=1S/C24H31N3O6S/c1-5-32-20-10-8-19(9-11-20)25-34(30,31)21-12-6-18(7-13-21)22(28)26-14-16-27(17-15-26)23(29)33-24(2,3)4/h6-13,25H,5,14-17H2,1-4H3. The third-order valence-corrected chi connectivity index (χ3v) is 6.44. The molecule has 1 heterocycles. The molecule has 0 spiro atoms. The average Bonchev–Trinajstić information content (AvgIpc) is 2.79. The SMILES string of the molecule is CCOc1ccc(NS(=O)(=O)c2ccc(C(=O)N3CCN(C(=O)OC(C)(C)C)CC3)cc2)cc1. The van der Waals surface area contributed by atoms with Gasteiger partial charge in [-0.1, -0.05) is 0 Å². The second-order valence-electron chi connectivity index (χ2n) is 8.85. The Morgan fingerprint density at radius 3 is 2.00 bits per heavy atom. The molecule has 0 unspecified atom stereocenters. The number of carbonyl (C=O) groups is 2. The number of hydrogen-bond donors (Lipinski definition) is 1. The molecule has 184 valence electrons. The maximum atomic E-state index is 12.9. The number of nitrogens with one attached hydrogen (secondary N) is 1. The number of sulfonamides is 1. The summed E-state index contributed by atoms with van der Waals surface area (Å²) >= 11 is 0. The first-order valence-corrected chi connectivity index (χ1v) is 12.6. The highest BCUT2D eigenvalue weighted by molar-refractivity contribution is 7.92. The van der Waals surface area contributed by atoms with E-state index in [0.29, 0.717) is 49.8 Å². The molecule has 1 fully saturated rings. The van der Waals surface area contributed by atoms with Gasteiger partial charge in [0.15, 0.2) is 0 Å². The average molecular weight is 490 g/mol. The molecule has 1 saturated heterocycles. The first-order valence-electron chi connectivity index (χ1n) is 11.1. The highest BCUT2D eigenvalue weighted by Gasteiger charge is 2.28. The van der Waals surface area contributed by atoms with Crippen LogP contribution in [-0.4, -0.2) is 68.6 Å². The second-order valence-corrected chi connectivity index (χ2v) is 10.5. The van der Waals surface area contributed by atoms with Gasteiger partial charge in [0, 0.05) is 37.4 Å². The van der Waals surface area contributed by atoms with Crippen LogP contribution in [0.15, 0.2) is 53.4 Å². The van der Waals surface area contributed by atoms with Crippen molar-refractivity contribution in [1.29, 1.82) is 0 Å². The molecule has 0 atom stereocenters. The van der Waals surface area contributed by atoms with E-state index < -0.39 is 21.7 Å². The van der Waals surface area contributed by atoms with E-state index in [9.17, 15) is 18.0 Å². The van der Waals surface area contributed by atoms with E-state index in [1.165, 1.54) is 24.3 Å². The van der Waals surface area contributed by atoms with Crippen molar-refractivity contribution >= 4 is 27.7 Å². The van der Waals surface area contributed by atoms with Gasteiger partial charge in [-0.05, 0) is 76.2 Å². The third kappa shape index (κ3) is 6.63. The highest BCUT2D eigenvalue weighted by atomic mass is 32.2. The lowest BCUT2D eigenvalue weighted by Gasteiger charge is -2.35. The molecule has 1 aliphatic rings. The smallest absolute Gasteiger partial charge is 0.410 e. The van der Waals surface area contributed by atoms with Crippen LogP contribution in [0.5, 0.6) is 5.75 Å². The van der Waals surface area contributed by atoms with Gasteiger partial charge in [0.25, 0.3) is 15.9 Å². The van der Waals surface area contributed by atoms with Gasteiger partial charge < -0.3 is 19.3 Å². The van der Waals surface area contributed by atoms with Crippen molar-refractivity contribution in [3.63, 3.8) is 0 Å². The molecule has 1 aliphatic heterocycles. The molecular weight excluding hydrogens is 458 g/mol. The minimum atomic E-state index is -3.81. The number of rotatable bonds is 6. The van der Waals surface area contributed by atoms with Crippen LogP contribution in [0.3, 0.4) is 0 Å². The van der Waals surface area contributed by atoms with Gasteiger partial charge in [0.2, 0.25) is 0 Å². The molecule has 0 aromatic heterocycles. The van der Waals surface area contributed by atoms with Gasteiger partial charge >= 0.3 is 6.09 Å². The number of benzene rings is 2. The minimum Gasteiger partial charge on any atom is -0.494 e. The first kappa shape index (κ1) is 25.4. The lowest BCUT2D eigenvalue weighted by Crippen LogP contribution is -2.51. The fourth-order valence-electron chi connectivity index (χ4n) is 3.38. The summed E-state index contributed by atoms with van der Waals surface area (Å²) in [5.41, 5.74) is 0.214. The molecule has 2 aromatic carbocycles. The third-order valence-electron chi connectivity index (χ3n) is 5.05. The molecule has 34 heavy (non-hydrogen) atoms. The fraction of sp³-hybridized carbons (Fsp3) is 0.417. The summed E-state index contributed by atoms with van der Waals surface area (Å²) < 4.78 is 38.7. The van der Waals surface area contributed by atoms with Crippen LogP contribution in [-0.2, 0) is 14.8 Å². The van der Waals surface area contributed by atoms with Gasteiger partial charge in [-0.25, -0.2) is 13.2 Å². The molecule has 0 saturated carbocycles. The molecule has 1 N–H and O–H groups in total. The number of nitrogens with zero attached hydrogens (tertiary/aromatic N) is 2. The second kappa shape index (κ2) is 10.3. The van der Waals surface area contributed by atoms with Crippen molar-refractivity contribution in [3.8, 4) is 5.75 Å². The van der Waals surface area contributed by atoms with E-state index in [2.05, 4.69) is 4.72 Å². The normalized spacial score (nSPS) is 14.5. The predicted octanol–water partition coefficient (Wildman–Crippen LogP) is 3.58. The van der Waals surface area contributed by atoms with E-state index in [0.717, 1.165) is 0 Å². The minimum absolute atomic E-state index is 0.0488. The molecule has 0 radical (unpaired) electrons. The predicted molar refractivity (Wildman–Crippen MR) is 129 cm³/mol. The Hall–Kier alpha value is -3.27. The van der Waals surface area contributed by atoms with Gasteiger partial charge in [-0.3, -0.25) is 9.52 Å². The largest absolute Gasteiger partial charge is 0.494 e. The Bertz CT molecular complexity index is 1100. The number of amides is 2. The van der Waals surface area contributed by atoms with E-state index in [-0.39, 0.29) is 10.8 Å². The lowest BCUT2D eigenvalue weighted by atomic mass is 10.2. The maximum Gasteiger partial charge on any atom is 0.410 e. The first-order chi connectivity index (χ1) is 16.0. The zero-order chi connectivity index (χ0) is 24.9. The number of anilines is 1. The molecular formula is C24H31N3O6S. The van der Waals surface area contributed by atoms with Gasteiger partial charge in [-0.15, -0.1) is 0 Å². The number of hydrogen-bond acceptors (Lipinski definition) is 6. The molecule has 0 aliphatic carbocycles. The lowest BCUT2D eigenvalue weighted by molar-refractivity contribution is 0.0141. The fourth-order valence-corrected chi connectivity index (χ4v) is 4.44. The number of piperazine rings is 1. The van der Waals surface area contributed by atoms with Crippen molar-refractivity contribution in [2.45, 2.75) is 38.2 Å². The zero-order valence-corrected chi connectivity index (χ0v) is 20.7. The molecule has 3 rings (SSSR count). The Kier molecular flexibility index (Phi) is 7.71. The quantitative estimate of drug-likeness (QED) is 0.665. The molecule has 10 heteroatoms. The summed E-state index contributed by atoms with van der Waals surface area (Å²) in [5.74, 6) is 0.437. The van der Waals surface area contributed by atoms with E-state index in [1.807, 2.05) is 27.7 Å². The van der Waals surface area contributed by atoms with Crippen LogP contribution in [0.1, 0.15) is 38.1 Å². The van der Waals surface area contributed by atoms with Gasteiger partial charge in [0.05, 0.1) is 11.5 Å². The highest BCUT2D eigenvalue weighted by Crippen LogP contribution is 2.21. The molecule has 2 amide bonds. The van der Waals surface area contributed by atoms with Crippen molar-refractivity contribution in [2.24, 2.45) is 0 Å². The van der Waals surface area contributed by atoms with Crippen molar-refractivity contribution in [2.75, 3.05) is 37.5 Å². The van der Waals surface area contributed by atoms with Gasteiger partial charge in [-0.2, -0.15) is 0 Å². The zero-order valence-electron chi connectivity index (χ0n) is 19.9. The van der Waals surface area contributed by atoms with Crippen LogP contribution in [0, 0.1) is 0 Å². The number of ether oxygens (including phenoxy) is 2. The summed E-state index contributed by atoms with van der Waals surface area (Å²) in [6, 6.07) is 12.4. The molecule has 2 aromatic rings. The van der Waals surface area contributed by atoms with Crippen molar-refractivity contribution < 1.29 is 27.5 Å². The van der Waals surface area contributed by atoms with Crippen LogP contribution < -0.4 is 9.46 Å². The van der Waals surface area contributed by atoms with Crippen molar-refractivity contribution in [3.05, 3.63) is 54.1 Å². The summed E-state index contributed by atoms with van der Waals surface area (Å²) in [6.45, 7) is 9.31. The van der Waals surface area contributed by atoms with Crippen LogP contribution in [0.25, 0.3) is 0 Å². The Morgan fingerprint density at radius 2 is 1.47 bits per heavy atom. The monoisotopic (exact) mass is 489 g/mol. The van der Waals surface area contributed by atoms with Crippen LogP contribution in [0.4, 0.5) is 10.5 Å². The Morgan fingerprint density at radius 1 is 0.912 bits per heavy atom. The summed E-state index contributed by atoms with van der Waals surface area (Å²) in [6.07, 6.45) is -0.394. The molecule has 9 nitrogen and oxygen atoms in total. The maximum absolute atomic E-state index is 12.9. The van der Waals surface area contributed by atoms with E-state index in [4.69, 9.17) is 9.47 Å². The topological polar surface area (TPSA) is 105 Å². The van der Waals surface area contributed by atoms with Crippen LogP contribution in [0.2, 0.25) is 0 Å². The van der Waals surface area contributed by atoms with Crippen molar-refractivity contribution in [1.82, 2.24) is 9.80 Å². The van der Waals surface area contributed by atoms with Crippen LogP contribution >= 0.6 is 0 Å². The summed E-state index contributed by atoms with van der Waals surface area (Å²) in [5, 5.41) is 0. The van der Waals surface area contributed by atoms with E-state index in [1.54, 1.807) is 34.1 Å². The summed E-state index contributed by atoms with van der Waals surface area (Å²) in [4.78, 5) is 28.3. The number of carbonyl (C=O) groups excluding carboxylic acids is 2. The molecule has 0 bridgehead atoms. The van der Waals surface area contributed by atoms with Gasteiger partial charge in [0.1, 0.15) is 11.4 Å². The van der Waals surface area contributed by atoms with E-state index >= 15 is 0 Å². The Balaban J connectivity index is 1.59.